The summed E-state index contributed by atoms with van der Waals surface area (Å²) >= 11 is 12.1. The Morgan fingerprint density at radius 3 is 1.64 bits per heavy atom. The lowest BCUT2D eigenvalue weighted by atomic mass is 10.1. The first-order valence-electron chi connectivity index (χ1n) is 8.22. The molecule has 0 radical (unpaired) electrons. The Labute approximate surface area is 158 Å². The van der Waals surface area contributed by atoms with Crippen LogP contribution in [-0.4, -0.2) is 38.8 Å². The molecule has 4 nitrogen and oxygen atoms in total. The van der Waals surface area contributed by atoms with Crippen molar-refractivity contribution in [1.29, 1.82) is 0 Å². The number of phenolic OH excluding ortho intramolecular Hbond substituents is 2. The second-order valence-corrected chi connectivity index (χ2v) is 7.76. The molecule has 3 rings (SSSR count). The van der Waals surface area contributed by atoms with Crippen LogP contribution in [0.25, 0.3) is 0 Å². The van der Waals surface area contributed by atoms with Crippen LogP contribution in [0.2, 0.25) is 10.0 Å². The van der Waals surface area contributed by atoms with Gasteiger partial charge in [0.1, 0.15) is 11.5 Å². The maximum atomic E-state index is 10.1. The van der Waals surface area contributed by atoms with E-state index in [4.69, 9.17) is 23.2 Å². The fourth-order valence-corrected chi connectivity index (χ4v) is 3.70. The minimum absolute atomic E-state index is 0.233. The zero-order valence-electron chi connectivity index (χ0n) is 14.3. The second-order valence-electron chi connectivity index (χ2n) is 6.88. The number of benzene rings is 2. The molecular weight excluding hydrogens is 359 g/mol. The molecule has 0 unspecified atom stereocenters. The third-order valence-electron chi connectivity index (χ3n) is 4.99. The van der Waals surface area contributed by atoms with E-state index >= 15 is 0 Å². The molecule has 0 saturated carbocycles. The summed E-state index contributed by atoms with van der Waals surface area (Å²) in [6, 6.07) is 10.2. The first-order valence-corrected chi connectivity index (χ1v) is 8.98. The fraction of sp³-hybridized carbons (Fsp3) is 0.368. The van der Waals surface area contributed by atoms with Gasteiger partial charge in [-0.05, 0) is 50.2 Å². The molecule has 25 heavy (non-hydrogen) atoms. The Morgan fingerprint density at radius 2 is 1.24 bits per heavy atom. The summed E-state index contributed by atoms with van der Waals surface area (Å²) in [5.74, 6) is 0.511. The van der Waals surface area contributed by atoms with Gasteiger partial charge < -0.3 is 10.2 Å². The lowest BCUT2D eigenvalue weighted by Crippen LogP contribution is -2.47. The molecule has 1 fully saturated rings. The highest BCUT2D eigenvalue weighted by atomic mass is 35.5. The van der Waals surface area contributed by atoms with Crippen LogP contribution >= 0.6 is 23.2 Å². The Kier molecular flexibility index (Phi) is 5.16. The average Bonchev–Trinajstić information content (AvgIpc) is 2.82. The Balaban J connectivity index is 1.77. The third-order valence-corrected chi connectivity index (χ3v) is 5.46. The highest BCUT2D eigenvalue weighted by molar-refractivity contribution is 6.31. The van der Waals surface area contributed by atoms with Gasteiger partial charge in [0.2, 0.25) is 0 Å². The van der Waals surface area contributed by atoms with E-state index in [0.29, 0.717) is 23.1 Å². The van der Waals surface area contributed by atoms with Gasteiger partial charge in [0.25, 0.3) is 0 Å². The minimum Gasteiger partial charge on any atom is -0.508 e. The Morgan fingerprint density at radius 1 is 0.840 bits per heavy atom. The van der Waals surface area contributed by atoms with Crippen molar-refractivity contribution in [2.45, 2.75) is 32.6 Å². The van der Waals surface area contributed by atoms with Crippen LogP contribution in [-0.2, 0) is 13.1 Å². The highest BCUT2D eigenvalue weighted by Gasteiger charge is 2.39. The van der Waals surface area contributed by atoms with Crippen LogP contribution in [0.4, 0.5) is 0 Å². The van der Waals surface area contributed by atoms with Crippen LogP contribution in [0.1, 0.15) is 25.0 Å². The highest BCUT2D eigenvalue weighted by Crippen LogP contribution is 2.33. The number of rotatable bonds is 4. The number of hydrogen-bond donors (Lipinski definition) is 2. The van der Waals surface area contributed by atoms with Crippen LogP contribution in [0.3, 0.4) is 0 Å². The summed E-state index contributed by atoms with van der Waals surface area (Å²) in [5.41, 5.74) is 1.39. The Bertz CT molecular complexity index is 717. The molecule has 1 saturated heterocycles. The molecule has 0 spiro atoms. The van der Waals surface area contributed by atoms with Gasteiger partial charge in [0.05, 0.1) is 5.66 Å². The van der Waals surface area contributed by atoms with E-state index in [9.17, 15) is 10.2 Å². The van der Waals surface area contributed by atoms with E-state index in [1.165, 1.54) is 0 Å². The number of aromatic hydroxyl groups is 2. The molecule has 0 aromatic heterocycles. The van der Waals surface area contributed by atoms with Gasteiger partial charge in [-0.25, -0.2) is 0 Å². The zero-order chi connectivity index (χ0) is 18.2. The maximum absolute atomic E-state index is 10.1. The Hall–Kier alpha value is -1.46. The van der Waals surface area contributed by atoms with Crippen molar-refractivity contribution < 1.29 is 10.2 Å². The van der Waals surface area contributed by atoms with Crippen LogP contribution in [0, 0.1) is 0 Å². The van der Waals surface area contributed by atoms with E-state index in [-0.39, 0.29) is 17.2 Å². The summed E-state index contributed by atoms with van der Waals surface area (Å²) in [7, 11) is 0. The van der Waals surface area contributed by atoms with Crippen LogP contribution in [0.15, 0.2) is 36.4 Å². The second kappa shape index (κ2) is 7.04. The molecular formula is C19H22Cl2N2O2. The van der Waals surface area contributed by atoms with Gasteiger partial charge in [-0.2, -0.15) is 0 Å². The van der Waals surface area contributed by atoms with E-state index < -0.39 is 0 Å². The molecule has 134 valence electrons. The number of hydrogen-bond acceptors (Lipinski definition) is 4. The number of nitrogens with zero attached hydrogens (tertiary/aromatic N) is 2. The average molecular weight is 381 g/mol. The van der Waals surface area contributed by atoms with Gasteiger partial charge in [0, 0.05) is 47.4 Å². The van der Waals surface area contributed by atoms with Gasteiger partial charge in [0.15, 0.2) is 0 Å². The predicted octanol–water partition coefficient (Wildman–Crippen LogP) is 4.46. The summed E-state index contributed by atoms with van der Waals surface area (Å²) < 4.78 is 0. The summed E-state index contributed by atoms with van der Waals surface area (Å²) in [5, 5.41) is 21.4. The topological polar surface area (TPSA) is 46.9 Å². The van der Waals surface area contributed by atoms with Crippen molar-refractivity contribution in [2.24, 2.45) is 0 Å². The third kappa shape index (κ3) is 3.87. The minimum atomic E-state index is -0.233. The van der Waals surface area contributed by atoms with Gasteiger partial charge in [-0.3, -0.25) is 9.80 Å². The van der Waals surface area contributed by atoms with Gasteiger partial charge in [-0.15, -0.1) is 0 Å². The van der Waals surface area contributed by atoms with E-state index in [1.807, 2.05) is 0 Å². The monoisotopic (exact) mass is 380 g/mol. The lowest BCUT2D eigenvalue weighted by Gasteiger charge is -2.38. The normalized spacial score (nSPS) is 17.9. The van der Waals surface area contributed by atoms with Crippen LogP contribution < -0.4 is 0 Å². The van der Waals surface area contributed by atoms with Gasteiger partial charge in [-0.1, -0.05) is 23.2 Å². The van der Waals surface area contributed by atoms with E-state index in [1.54, 1.807) is 36.4 Å². The van der Waals surface area contributed by atoms with Crippen molar-refractivity contribution >= 4 is 23.2 Å². The lowest BCUT2D eigenvalue weighted by molar-refractivity contribution is 0.0372. The quantitative estimate of drug-likeness (QED) is 0.821. The molecule has 0 amide bonds. The maximum Gasteiger partial charge on any atom is 0.120 e. The SMILES string of the molecule is CC1(C)N(Cc2cc(Cl)ccc2O)CCN1Cc1cc(Cl)ccc1O. The molecule has 0 aliphatic carbocycles. The van der Waals surface area contributed by atoms with Crippen molar-refractivity contribution in [3.05, 3.63) is 57.6 Å². The first-order chi connectivity index (χ1) is 11.8. The molecule has 1 aliphatic heterocycles. The summed E-state index contributed by atoms with van der Waals surface area (Å²) in [4.78, 5) is 4.58. The number of phenols is 2. The van der Waals surface area contributed by atoms with Crippen molar-refractivity contribution in [3.8, 4) is 11.5 Å². The van der Waals surface area contributed by atoms with E-state index in [2.05, 4.69) is 23.6 Å². The van der Waals surface area contributed by atoms with Crippen LogP contribution in [0.5, 0.6) is 11.5 Å². The van der Waals surface area contributed by atoms with Crippen molar-refractivity contribution in [1.82, 2.24) is 9.80 Å². The molecule has 1 aliphatic rings. The fourth-order valence-electron chi connectivity index (χ4n) is 3.31. The largest absolute Gasteiger partial charge is 0.508 e. The van der Waals surface area contributed by atoms with Crippen molar-refractivity contribution in [3.63, 3.8) is 0 Å². The van der Waals surface area contributed by atoms with Gasteiger partial charge >= 0.3 is 0 Å². The molecule has 6 heteroatoms. The predicted molar refractivity (Wildman–Crippen MR) is 101 cm³/mol. The van der Waals surface area contributed by atoms with Crippen molar-refractivity contribution in [2.75, 3.05) is 13.1 Å². The smallest absolute Gasteiger partial charge is 0.120 e. The summed E-state index contributed by atoms with van der Waals surface area (Å²) in [6.07, 6.45) is 0. The standard InChI is InChI=1S/C19H22Cl2N2O2/c1-19(2)22(11-13-9-15(20)3-5-17(13)24)7-8-23(19)12-14-10-16(21)4-6-18(14)25/h3-6,9-10,24-25H,7-8,11-12H2,1-2H3. The van der Waals surface area contributed by atoms with E-state index in [0.717, 1.165) is 24.2 Å². The zero-order valence-corrected chi connectivity index (χ0v) is 15.8. The summed E-state index contributed by atoms with van der Waals surface area (Å²) in [6.45, 7) is 7.22. The molecule has 2 aromatic rings. The first kappa shape index (κ1) is 18.3. The molecule has 2 N–H and O–H groups in total. The molecule has 1 heterocycles. The molecule has 0 atom stereocenters. The number of halogens is 2. The molecule has 2 aromatic carbocycles. The molecule has 0 bridgehead atoms.